The van der Waals surface area contributed by atoms with Crippen LogP contribution in [0.5, 0.6) is 0 Å². The third kappa shape index (κ3) is 2.72. The first-order chi connectivity index (χ1) is 8.17. The zero-order valence-corrected chi connectivity index (χ0v) is 11.5. The van der Waals surface area contributed by atoms with Crippen LogP contribution < -0.4 is 0 Å². The van der Waals surface area contributed by atoms with Gasteiger partial charge in [0.05, 0.1) is 6.61 Å². The molecule has 1 heterocycles. The van der Waals surface area contributed by atoms with Gasteiger partial charge in [0.25, 0.3) is 5.91 Å². The lowest BCUT2D eigenvalue weighted by Crippen LogP contribution is -2.36. The average Bonchev–Trinajstić information content (AvgIpc) is 3.08. The van der Waals surface area contributed by atoms with Crippen molar-refractivity contribution in [2.75, 3.05) is 13.2 Å². The van der Waals surface area contributed by atoms with Crippen LogP contribution in [0.4, 0.5) is 0 Å². The molecular weight excluding hydrogens is 284 g/mol. The van der Waals surface area contributed by atoms with Crippen LogP contribution in [0.3, 0.4) is 0 Å². The van der Waals surface area contributed by atoms with Gasteiger partial charge >= 0.3 is 0 Å². The SMILES string of the molecule is CCn1cc(Br)cc1C(=O)N(CCO)C1CC1. The van der Waals surface area contributed by atoms with Gasteiger partial charge in [-0.25, -0.2) is 0 Å². The summed E-state index contributed by atoms with van der Waals surface area (Å²) in [5.41, 5.74) is 0.694. The minimum absolute atomic E-state index is 0.0223. The third-order valence-electron chi connectivity index (χ3n) is 3.01. The Kier molecular flexibility index (Phi) is 3.89. The highest BCUT2D eigenvalue weighted by atomic mass is 79.9. The number of nitrogens with zero attached hydrogens (tertiary/aromatic N) is 2. The normalized spacial score (nSPS) is 15.0. The van der Waals surface area contributed by atoms with E-state index in [1.54, 1.807) is 4.90 Å². The second-order valence-electron chi connectivity index (χ2n) is 4.28. The number of carbonyl (C=O) groups excluding carboxylic acids is 1. The van der Waals surface area contributed by atoms with Crippen LogP contribution in [-0.2, 0) is 6.54 Å². The Morgan fingerprint density at radius 1 is 1.65 bits per heavy atom. The predicted molar refractivity (Wildman–Crippen MR) is 69.0 cm³/mol. The molecule has 0 aliphatic heterocycles. The average molecular weight is 301 g/mol. The van der Waals surface area contributed by atoms with Gasteiger partial charge in [-0.3, -0.25) is 4.79 Å². The molecule has 2 rings (SSSR count). The molecular formula is C12H17BrN2O2. The lowest BCUT2D eigenvalue weighted by molar-refractivity contribution is 0.0697. The standard InChI is InChI=1S/C12H17BrN2O2/c1-2-14-8-9(13)7-11(14)12(17)15(5-6-16)10-3-4-10/h7-8,10,16H,2-6H2,1H3. The molecule has 0 spiro atoms. The first-order valence-electron chi connectivity index (χ1n) is 5.95. The van der Waals surface area contributed by atoms with Crippen molar-refractivity contribution >= 4 is 21.8 Å². The van der Waals surface area contributed by atoms with Gasteiger partial charge < -0.3 is 14.6 Å². The molecule has 1 amide bonds. The maximum atomic E-state index is 12.4. The number of aromatic nitrogens is 1. The number of aliphatic hydroxyl groups is 1. The summed E-state index contributed by atoms with van der Waals surface area (Å²) in [7, 11) is 0. The fourth-order valence-corrected chi connectivity index (χ4v) is 2.47. The summed E-state index contributed by atoms with van der Waals surface area (Å²) in [6.07, 6.45) is 4.02. The zero-order chi connectivity index (χ0) is 12.4. The van der Waals surface area contributed by atoms with Gasteiger partial charge in [0.1, 0.15) is 5.69 Å². The highest BCUT2D eigenvalue weighted by molar-refractivity contribution is 9.10. The number of halogens is 1. The van der Waals surface area contributed by atoms with Crippen molar-refractivity contribution < 1.29 is 9.90 Å². The summed E-state index contributed by atoms with van der Waals surface area (Å²) in [4.78, 5) is 14.2. The Bertz CT molecular complexity index is 413. The second-order valence-corrected chi connectivity index (χ2v) is 5.20. The highest BCUT2D eigenvalue weighted by Crippen LogP contribution is 2.28. The molecule has 1 aromatic rings. The number of hydrogen-bond acceptors (Lipinski definition) is 2. The van der Waals surface area contributed by atoms with E-state index in [1.165, 1.54) is 0 Å². The van der Waals surface area contributed by atoms with Crippen molar-refractivity contribution in [3.63, 3.8) is 0 Å². The molecule has 0 unspecified atom stereocenters. The molecule has 94 valence electrons. The molecule has 0 bridgehead atoms. The molecule has 1 fully saturated rings. The lowest BCUT2D eigenvalue weighted by atomic mass is 10.3. The van der Waals surface area contributed by atoms with Crippen molar-refractivity contribution in [3.05, 3.63) is 22.4 Å². The number of aliphatic hydroxyl groups excluding tert-OH is 1. The van der Waals surface area contributed by atoms with Crippen molar-refractivity contribution in [1.29, 1.82) is 0 Å². The molecule has 1 N–H and O–H groups in total. The molecule has 1 saturated carbocycles. The topological polar surface area (TPSA) is 45.5 Å². The molecule has 17 heavy (non-hydrogen) atoms. The summed E-state index contributed by atoms with van der Waals surface area (Å²) >= 11 is 3.39. The smallest absolute Gasteiger partial charge is 0.270 e. The number of rotatable bonds is 5. The van der Waals surface area contributed by atoms with Crippen LogP contribution in [0.1, 0.15) is 30.3 Å². The van der Waals surface area contributed by atoms with Crippen LogP contribution in [0.25, 0.3) is 0 Å². The third-order valence-corrected chi connectivity index (χ3v) is 3.45. The summed E-state index contributed by atoms with van der Waals surface area (Å²) in [6.45, 7) is 3.23. The van der Waals surface area contributed by atoms with Crippen LogP contribution in [0.2, 0.25) is 0 Å². The van der Waals surface area contributed by atoms with Gasteiger partial charge in [0.15, 0.2) is 0 Å². The number of amides is 1. The van der Waals surface area contributed by atoms with Crippen molar-refractivity contribution in [1.82, 2.24) is 9.47 Å². The van der Waals surface area contributed by atoms with E-state index in [4.69, 9.17) is 5.11 Å². The van der Waals surface area contributed by atoms with E-state index in [2.05, 4.69) is 15.9 Å². The van der Waals surface area contributed by atoms with Gasteiger partial charge in [-0.2, -0.15) is 0 Å². The highest BCUT2D eigenvalue weighted by Gasteiger charge is 2.33. The Hall–Kier alpha value is -0.810. The summed E-state index contributed by atoms with van der Waals surface area (Å²) < 4.78 is 2.85. The van der Waals surface area contributed by atoms with E-state index in [1.807, 2.05) is 23.8 Å². The molecule has 4 nitrogen and oxygen atoms in total. The number of aryl methyl sites for hydroxylation is 1. The van der Waals surface area contributed by atoms with Crippen LogP contribution >= 0.6 is 15.9 Å². The van der Waals surface area contributed by atoms with E-state index in [-0.39, 0.29) is 12.5 Å². The van der Waals surface area contributed by atoms with E-state index in [0.29, 0.717) is 18.3 Å². The molecule has 0 radical (unpaired) electrons. The van der Waals surface area contributed by atoms with E-state index >= 15 is 0 Å². The van der Waals surface area contributed by atoms with Gasteiger partial charge in [-0.15, -0.1) is 0 Å². The predicted octanol–water partition coefficient (Wildman–Crippen LogP) is 1.87. The van der Waals surface area contributed by atoms with Crippen LogP contribution in [-0.4, -0.2) is 39.7 Å². The van der Waals surface area contributed by atoms with Gasteiger partial charge in [0.2, 0.25) is 0 Å². The molecule has 0 saturated heterocycles. The van der Waals surface area contributed by atoms with E-state index in [9.17, 15) is 4.79 Å². The molecule has 5 heteroatoms. The number of carbonyl (C=O) groups is 1. The van der Waals surface area contributed by atoms with Crippen molar-refractivity contribution in [2.24, 2.45) is 0 Å². The summed E-state index contributed by atoms with van der Waals surface area (Å²) in [5, 5.41) is 9.03. The molecule has 0 atom stereocenters. The Morgan fingerprint density at radius 2 is 2.35 bits per heavy atom. The lowest BCUT2D eigenvalue weighted by Gasteiger charge is -2.21. The fourth-order valence-electron chi connectivity index (χ4n) is 2.01. The largest absolute Gasteiger partial charge is 0.395 e. The first-order valence-corrected chi connectivity index (χ1v) is 6.74. The monoisotopic (exact) mass is 300 g/mol. The molecule has 1 aliphatic carbocycles. The second kappa shape index (κ2) is 5.23. The van der Waals surface area contributed by atoms with Gasteiger partial charge in [0, 0.05) is 29.8 Å². The van der Waals surface area contributed by atoms with E-state index in [0.717, 1.165) is 23.9 Å². The van der Waals surface area contributed by atoms with E-state index < -0.39 is 0 Å². The van der Waals surface area contributed by atoms with Crippen LogP contribution in [0.15, 0.2) is 16.7 Å². The Balaban J connectivity index is 2.21. The van der Waals surface area contributed by atoms with Gasteiger partial charge in [-0.1, -0.05) is 0 Å². The van der Waals surface area contributed by atoms with Gasteiger partial charge in [-0.05, 0) is 41.8 Å². The fraction of sp³-hybridized carbons (Fsp3) is 0.583. The Labute approximate surface area is 109 Å². The van der Waals surface area contributed by atoms with Crippen LogP contribution in [0, 0.1) is 0 Å². The minimum Gasteiger partial charge on any atom is -0.395 e. The maximum absolute atomic E-state index is 12.4. The number of hydrogen-bond donors (Lipinski definition) is 1. The Morgan fingerprint density at radius 3 is 2.88 bits per heavy atom. The summed E-state index contributed by atoms with van der Waals surface area (Å²) in [6, 6.07) is 2.17. The minimum atomic E-state index is 0.0223. The maximum Gasteiger partial charge on any atom is 0.270 e. The quantitative estimate of drug-likeness (QED) is 0.902. The van der Waals surface area contributed by atoms with Crippen molar-refractivity contribution in [2.45, 2.75) is 32.4 Å². The zero-order valence-electron chi connectivity index (χ0n) is 9.90. The molecule has 0 aromatic carbocycles. The molecule has 1 aliphatic rings. The molecule has 1 aromatic heterocycles. The first kappa shape index (κ1) is 12.6. The summed E-state index contributed by atoms with van der Waals surface area (Å²) in [5.74, 6) is 0.0223. The van der Waals surface area contributed by atoms with Crippen molar-refractivity contribution in [3.8, 4) is 0 Å².